The third-order valence-corrected chi connectivity index (χ3v) is 3.33. The predicted octanol–water partition coefficient (Wildman–Crippen LogP) is 3.94. The van der Waals surface area contributed by atoms with E-state index in [2.05, 4.69) is 21.2 Å². The van der Waals surface area contributed by atoms with Gasteiger partial charge < -0.3 is 10.4 Å². The molecule has 21 heavy (non-hydrogen) atoms. The normalized spacial score (nSPS) is 10.2. The predicted molar refractivity (Wildman–Crippen MR) is 77.4 cm³/mol. The quantitative estimate of drug-likeness (QED) is 0.640. The van der Waals surface area contributed by atoms with Crippen LogP contribution < -0.4 is 5.32 Å². The van der Waals surface area contributed by atoms with Crippen LogP contribution in [0.2, 0.25) is 0 Å². The second kappa shape index (κ2) is 5.88. The lowest BCUT2D eigenvalue weighted by Crippen LogP contribution is -2.00. The van der Waals surface area contributed by atoms with Gasteiger partial charge in [-0.1, -0.05) is 0 Å². The third-order valence-electron chi connectivity index (χ3n) is 2.64. The summed E-state index contributed by atoms with van der Waals surface area (Å²) in [6.07, 6.45) is 0. The molecule has 0 atom stereocenters. The standard InChI is InChI=1S/C13H8BrFN2O4/c14-10-3-1-7(5-9(10)13(18)19)16-12-4-2-8(17(20)21)6-11(12)15/h1-6,16H,(H,18,19). The Hall–Kier alpha value is -2.48. The van der Waals surface area contributed by atoms with Crippen molar-refractivity contribution in [1.29, 1.82) is 0 Å². The number of aromatic carboxylic acids is 1. The SMILES string of the molecule is O=C(O)c1cc(Nc2ccc([N+](=O)[O-])cc2F)ccc1Br. The lowest BCUT2D eigenvalue weighted by atomic mass is 10.2. The van der Waals surface area contributed by atoms with Crippen LogP contribution in [0.3, 0.4) is 0 Å². The number of rotatable bonds is 4. The Bertz CT molecular complexity index is 736. The minimum atomic E-state index is -1.13. The van der Waals surface area contributed by atoms with Crippen molar-refractivity contribution in [3.8, 4) is 0 Å². The maximum absolute atomic E-state index is 13.7. The number of anilines is 2. The fourth-order valence-corrected chi connectivity index (χ4v) is 2.06. The molecule has 108 valence electrons. The van der Waals surface area contributed by atoms with E-state index < -0.39 is 16.7 Å². The molecule has 0 heterocycles. The zero-order valence-electron chi connectivity index (χ0n) is 10.3. The number of carboxylic acids is 1. The summed E-state index contributed by atoms with van der Waals surface area (Å²) >= 11 is 3.10. The van der Waals surface area contributed by atoms with Crippen LogP contribution >= 0.6 is 15.9 Å². The first-order valence-electron chi connectivity index (χ1n) is 5.62. The maximum Gasteiger partial charge on any atom is 0.336 e. The molecule has 0 amide bonds. The van der Waals surface area contributed by atoms with Crippen LogP contribution in [0.25, 0.3) is 0 Å². The van der Waals surface area contributed by atoms with E-state index in [1.54, 1.807) is 6.07 Å². The monoisotopic (exact) mass is 354 g/mol. The molecule has 0 fully saturated rings. The molecule has 0 aliphatic heterocycles. The number of hydrogen-bond donors (Lipinski definition) is 2. The average Bonchev–Trinajstić information content (AvgIpc) is 2.42. The first-order chi connectivity index (χ1) is 9.88. The van der Waals surface area contributed by atoms with Gasteiger partial charge in [-0.2, -0.15) is 0 Å². The van der Waals surface area contributed by atoms with Gasteiger partial charge in [0.15, 0.2) is 5.82 Å². The Morgan fingerprint density at radius 2 is 2.00 bits per heavy atom. The topological polar surface area (TPSA) is 92.5 Å². The van der Waals surface area contributed by atoms with Gasteiger partial charge in [0.1, 0.15) is 0 Å². The fraction of sp³-hybridized carbons (Fsp3) is 0. The van der Waals surface area contributed by atoms with E-state index in [0.717, 1.165) is 12.1 Å². The van der Waals surface area contributed by atoms with Crippen molar-refractivity contribution in [2.45, 2.75) is 0 Å². The van der Waals surface area contributed by atoms with Gasteiger partial charge in [0, 0.05) is 16.2 Å². The number of hydrogen-bond acceptors (Lipinski definition) is 4. The van der Waals surface area contributed by atoms with Crippen molar-refractivity contribution in [3.05, 3.63) is 62.4 Å². The van der Waals surface area contributed by atoms with E-state index in [-0.39, 0.29) is 16.9 Å². The highest BCUT2D eigenvalue weighted by molar-refractivity contribution is 9.10. The fourth-order valence-electron chi connectivity index (χ4n) is 1.64. The maximum atomic E-state index is 13.7. The van der Waals surface area contributed by atoms with Gasteiger partial charge in [-0.3, -0.25) is 10.1 Å². The highest BCUT2D eigenvalue weighted by Gasteiger charge is 2.13. The zero-order chi connectivity index (χ0) is 15.6. The molecule has 2 N–H and O–H groups in total. The molecule has 0 aliphatic rings. The average molecular weight is 355 g/mol. The van der Waals surface area contributed by atoms with E-state index in [1.807, 2.05) is 0 Å². The van der Waals surface area contributed by atoms with Crippen molar-refractivity contribution in [1.82, 2.24) is 0 Å². The highest BCUT2D eigenvalue weighted by Crippen LogP contribution is 2.27. The van der Waals surface area contributed by atoms with Crippen molar-refractivity contribution in [2.24, 2.45) is 0 Å². The number of nitro groups is 1. The van der Waals surface area contributed by atoms with Gasteiger partial charge in [-0.15, -0.1) is 0 Å². The number of halogens is 2. The van der Waals surface area contributed by atoms with Gasteiger partial charge in [0.05, 0.1) is 22.2 Å². The lowest BCUT2D eigenvalue weighted by molar-refractivity contribution is -0.385. The van der Waals surface area contributed by atoms with Crippen molar-refractivity contribution in [3.63, 3.8) is 0 Å². The number of carbonyl (C=O) groups is 1. The smallest absolute Gasteiger partial charge is 0.336 e. The highest BCUT2D eigenvalue weighted by atomic mass is 79.9. The number of carboxylic acid groups (broad SMARTS) is 1. The van der Waals surface area contributed by atoms with E-state index >= 15 is 0 Å². The Labute approximate surface area is 126 Å². The van der Waals surface area contributed by atoms with Gasteiger partial charge >= 0.3 is 5.97 Å². The molecule has 0 radical (unpaired) electrons. The molecule has 8 heteroatoms. The summed E-state index contributed by atoms with van der Waals surface area (Å²) in [4.78, 5) is 20.8. The van der Waals surface area contributed by atoms with Crippen LogP contribution in [-0.4, -0.2) is 16.0 Å². The largest absolute Gasteiger partial charge is 0.478 e. The number of non-ortho nitro benzene ring substituents is 1. The third kappa shape index (κ3) is 3.34. The van der Waals surface area contributed by atoms with E-state index in [0.29, 0.717) is 10.2 Å². The first-order valence-corrected chi connectivity index (χ1v) is 6.41. The van der Waals surface area contributed by atoms with Gasteiger partial charge in [-0.25, -0.2) is 9.18 Å². The van der Waals surface area contributed by atoms with Crippen LogP contribution in [0, 0.1) is 15.9 Å². The van der Waals surface area contributed by atoms with Crippen molar-refractivity contribution < 1.29 is 19.2 Å². The summed E-state index contributed by atoms with van der Waals surface area (Å²) in [6.45, 7) is 0. The molecule has 6 nitrogen and oxygen atoms in total. The Balaban J connectivity index is 2.32. The molecule has 2 aromatic carbocycles. The number of nitrogens with zero attached hydrogens (tertiary/aromatic N) is 1. The van der Waals surface area contributed by atoms with E-state index in [4.69, 9.17) is 5.11 Å². The van der Waals surface area contributed by atoms with E-state index in [1.165, 1.54) is 18.2 Å². The second-order valence-corrected chi connectivity index (χ2v) is 4.90. The minimum absolute atomic E-state index is 0.0132. The van der Waals surface area contributed by atoms with E-state index in [9.17, 15) is 19.3 Å². The molecule has 0 spiro atoms. The van der Waals surface area contributed by atoms with Crippen LogP contribution in [0.5, 0.6) is 0 Å². The second-order valence-electron chi connectivity index (χ2n) is 4.05. The molecule has 0 unspecified atom stereocenters. The van der Waals surface area contributed by atoms with Crippen molar-refractivity contribution >= 4 is 39.0 Å². The summed E-state index contributed by atoms with van der Waals surface area (Å²) in [5.74, 6) is -1.93. The first kappa shape index (κ1) is 14.9. The Kier molecular flexibility index (Phi) is 4.18. The molecule has 0 aromatic heterocycles. The number of nitrogens with one attached hydrogen (secondary N) is 1. The number of nitro benzene ring substituents is 1. The van der Waals surface area contributed by atoms with Gasteiger partial charge in [0.25, 0.3) is 5.69 Å². The van der Waals surface area contributed by atoms with Crippen LogP contribution in [-0.2, 0) is 0 Å². The van der Waals surface area contributed by atoms with Crippen molar-refractivity contribution in [2.75, 3.05) is 5.32 Å². The summed E-state index contributed by atoms with van der Waals surface area (Å²) in [5, 5.41) is 22.2. The molecule has 0 bridgehead atoms. The molecule has 2 rings (SSSR count). The molecular weight excluding hydrogens is 347 g/mol. The summed E-state index contributed by atoms with van der Waals surface area (Å²) in [6, 6.07) is 7.55. The summed E-state index contributed by atoms with van der Waals surface area (Å²) in [7, 11) is 0. The summed E-state index contributed by atoms with van der Waals surface area (Å²) < 4.78 is 14.1. The zero-order valence-corrected chi connectivity index (χ0v) is 11.9. The van der Waals surface area contributed by atoms with Crippen LogP contribution in [0.15, 0.2) is 40.9 Å². The number of benzene rings is 2. The van der Waals surface area contributed by atoms with Gasteiger partial charge in [-0.05, 0) is 40.2 Å². The Morgan fingerprint density at radius 1 is 1.29 bits per heavy atom. The molecule has 0 aliphatic carbocycles. The minimum Gasteiger partial charge on any atom is -0.478 e. The summed E-state index contributed by atoms with van der Waals surface area (Å²) in [5.41, 5.74) is 0.0185. The molecule has 0 saturated carbocycles. The molecular formula is C13H8BrFN2O4. The molecule has 0 saturated heterocycles. The van der Waals surface area contributed by atoms with Crippen LogP contribution in [0.4, 0.5) is 21.5 Å². The Morgan fingerprint density at radius 3 is 2.57 bits per heavy atom. The van der Waals surface area contributed by atoms with Gasteiger partial charge in [0.2, 0.25) is 0 Å². The lowest BCUT2D eigenvalue weighted by Gasteiger charge is -2.09. The molecule has 2 aromatic rings. The van der Waals surface area contributed by atoms with Crippen LogP contribution in [0.1, 0.15) is 10.4 Å².